The van der Waals surface area contributed by atoms with Gasteiger partial charge in [0, 0.05) is 43.0 Å². The summed E-state index contributed by atoms with van der Waals surface area (Å²) in [6.45, 7) is 1.35. The fraction of sp³-hybridized carbons (Fsp3) is 0.229. The summed E-state index contributed by atoms with van der Waals surface area (Å²) in [6.07, 6.45) is 0.597. The summed E-state index contributed by atoms with van der Waals surface area (Å²) >= 11 is 0. The van der Waals surface area contributed by atoms with Gasteiger partial charge in [0.1, 0.15) is 23.3 Å². The van der Waals surface area contributed by atoms with Gasteiger partial charge in [-0.05, 0) is 82.3 Å². The molecule has 5 rings (SSSR count). The third-order valence-corrected chi connectivity index (χ3v) is 7.85. The Balaban J connectivity index is 1.46. The minimum absolute atomic E-state index is 0.0204. The molecular weight excluding hydrogens is 560 g/mol. The quantitative estimate of drug-likeness (QED) is 0.174. The fourth-order valence-electron chi connectivity index (χ4n) is 5.77. The van der Waals surface area contributed by atoms with Crippen molar-refractivity contribution in [1.82, 2.24) is 5.32 Å². The first-order valence-corrected chi connectivity index (χ1v) is 14.2. The summed E-state index contributed by atoms with van der Waals surface area (Å²) in [6, 6.07) is 23.0. The second kappa shape index (κ2) is 12.9. The van der Waals surface area contributed by atoms with Crippen molar-refractivity contribution in [3.8, 4) is 39.5 Å². The molecular formula is C35H34N2O7. The van der Waals surface area contributed by atoms with Crippen LogP contribution in [0.1, 0.15) is 42.4 Å². The van der Waals surface area contributed by atoms with Gasteiger partial charge in [-0.25, -0.2) is 0 Å². The molecule has 0 heterocycles. The van der Waals surface area contributed by atoms with Gasteiger partial charge in [-0.2, -0.15) is 0 Å². The molecule has 0 aliphatic heterocycles. The highest BCUT2D eigenvalue weighted by Gasteiger charge is 2.30. The van der Waals surface area contributed by atoms with Crippen molar-refractivity contribution in [1.29, 1.82) is 0 Å². The number of aromatic hydroxyl groups is 1. The first kappa shape index (κ1) is 30.2. The van der Waals surface area contributed by atoms with Crippen LogP contribution in [0, 0.1) is 0 Å². The van der Waals surface area contributed by atoms with E-state index in [1.54, 1.807) is 26.4 Å². The average molecular weight is 595 g/mol. The molecule has 2 amide bonds. The number of nitrogens with one attached hydrogen (secondary N) is 2. The summed E-state index contributed by atoms with van der Waals surface area (Å²) in [4.78, 5) is 36.9. The SMILES string of the molecule is COc1ccc(-c2ccc3c(c2)C(CCC(=O)O)c2cc(NC(=O)C(Cc4ccc(O)cc4)NC(C)=O)ccc2-3)c(OC)c1. The largest absolute Gasteiger partial charge is 0.508 e. The smallest absolute Gasteiger partial charge is 0.303 e. The van der Waals surface area contributed by atoms with Crippen molar-refractivity contribution in [2.24, 2.45) is 0 Å². The standard InChI is InChI=1S/C35H34N2O7/c1-20(38)36-32(16-21-4-8-24(39)9-5-21)35(42)37-23-7-12-28-27-11-6-22(26-13-10-25(43-2)19-33(26)44-3)17-30(27)29(31(28)18-23)14-15-34(40)41/h4-13,17-19,29,32,39H,14-16H2,1-3H3,(H,36,38)(H,37,42)(H,40,41). The van der Waals surface area contributed by atoms with Crippen LogP contribution in [0.25, 0.3) is 22.3 Å². The highest BCUT2D eigenvalue weighted by molar-refractivity contribution is 5.98. The van der Waals surface area contributed by atoms with Crippen LogP contribution in [0.2, 0.25) is 0 Å². The molecule has 4 aromatic carbocycles. The van der Waals surface area contributed by atoms with E-state index in [9.17, 15) is 24.6 Å². The lowest BCUT2D eigenvalue weighted by Crippen LogP contribution is -2.44. The lowest BCUT2D eigenvalue weighted by Gasteiger charge is -2.19. The van der Waals surface area contributed by atoms with Crippen LogP contribution in [0.15, 0.2) is 78.9 Å². The number of benzene rings is 4. The third kappa shape index (κ3) is 6.52. The van der Waals surface area contributed by atoms with Crippen LogP contribution in [0.5, 0.6) is 17.2 Å². The molecule has 0 bridgehead atoms. The second-order valence-electron chi connectivity index (χ2n) is 10.8. The summed E-state index contributed by atoms with van der Waals surface area (Å²) in [5.41, 5.74) is 7.04. The summed E-state index contributed by atoms with van der Waals surface area (Å²) in [5, 5.41) is 24.8. The van der Waals surface area contributed by atoms with Gasteiger partial charge in [-0.15, -0.1) is 0 Å². The molecule has 1 aliphatic rings. The van der Waals surface area contributed by atoms with Crippen LogP contribution < -0.4 is 20.1 Å². The van der Waals surface area contributed by atoms with Crippen LogP contribution in [-0.2, 0) is 20.8 Å². The highest BCUT2D eigenvalue weighted by atomic mass is 16.5. The van der Waals surface area contributed by atoms with Gasteiger partial charge in [0.25, 0.3) is 0 Å². The average Bonchev–Trinajstić information content (AvgIpc) is 3.31. The molecule has 0 radical (unpaired) electrons. The van der Waals surface area contributed by atoms with Gasteiger partial charge in [-0.1, -0.05) is 30.3 Å². The van der Waals surface area contributed by atoms with Gasteiger partial charge in [0.2, 0.25) is 11.8 Å². The van der Waals surface area contributed by atoms with E-state index < -0.39 is 12.0 Å². The zero-order valence-corrected chi connectivity index (χ0v) is 24.7. The number of hydrogen-bond acceptors (Lipinski definition) is 6. The van der Waals surface area contributed by atoms with Crippen molar-refractivity contribution in [2.45, 2.75) is 38.1 Å². The number of carbonyl (C=O) groups is 3. The molecule has 9 nitrogen and oxygen atoms in total. The molecule has 2 unspecified atom stereocenters. The van der Waals surface area contributed by atoms with E-state index in [1.807, 2.05) is 48.5 Å². The Morgan fingerprint density at radius 3 is 2.18 bits per heavy atom. The minimum Gasteiger partial charge on any atom is -0.508 e. The molecule has 0 spiro atoms. The number of phenolic OH excluding ortho intramolecular Hbond substituents is 1. The van der Waals surface area contributed by atoms with Crippen molar-refractivity contribution in [3.63, 3.8) is 0 Å². The van der Waals surface area contributed by atoms with E-state index >= 15 is 0 Å². The fourth-order valence-corrected chi connectivity index (χ4v) is 5.77. The van der Waals surface area contributed by atoms with E-state index in [2.05, 4.69) is 16.7 Å². The molecule has 1 aliphatic carbocycles. The summed E-state index contributed by atoms with van der Waals surface area (Å²) in [7, 11) is 3.20. The van der Waals surface area contributed by atoms with Gasteiger partial charge in [0.05, 0.1) is 14.2 Å². The number of phenols is 1. The number of hydrogen-bond donors (Lipinski definition) is 4. The Morgan fingerprint density at radius 2 is 1.52 bits per heavy atom. The molecule has 4 aromatic rings. The molecule has 0 saturated heterocycles. The Labute approximate surface area is 255 Å². The van der Waals surface area contributed by atoms with Crippen molar-refractivity contribution in [3.05, 3.63) is 95.6 Å². The number of ether oxygens (including phenoxy) is 2. The van der Waals surface area contributed by atoms with Crippen LogP contribution in [-0.4, -0.2) is 48.3 Å². The molecule has 9 heteroatoms. The van der Waals surface area contributed by atoms with Crippen LogP contribution in [0.4, 0.5) is 5.69 Å². The van der Waals surface area contributed by atoms with E-state index in [-0.39, 0.29) is 36.3 Å². The van der Waals surface area contributed by atoms with Crippen molar-refractivity contribution in [2.75, 3.05) is 19.5 Å². The number of amides is 2. The van der Waals surface area contributed by atoms with E-state index in [0.717, 1.165) is 38.9 Å². The molecule has 0 fully saturated rings. The highest BCUT2D eigenvalue weighted by Crippen LogP contribution is 2.49. The van der Waals surface area contributed by atoms with Crippen molar-refractivity contribution < 1.29 is 34.1 Å². The third-order valence-electron chi connectivity index (χ3n) is 7.85. The molecule has 2 atom stereocenters. The number of carboxylic acids is 1. The lowest BCUT2D eigenvalue weighted by molar-refractivity contribution is -0.137. The number of carbonyl (C=O) groups excluding carboxylic acids is 2. The number of methoxy groups -OCH3 is 2. The minimum atomic E-state index is -0.884. The van der Waals surface area contributed by atoms with Crippen LogP contribution in [0.3, 0.4) is 0 Å². The molecule has 44 heavy (non-hydrogen) atoms. The Hall–Kier alpha value is -5.31. The number of carboxylic acid groups (broad SMARTS) is 1. The maximum absolute atomic E-state index is 13.4. The predicted molar refractivity (Wildman–Crippen MR) is 167 cm³/mol. The van der Waals surface area contributed by atoms with Gasteiger partial charge in [-0.3, -0.25) is 14.4 Å². The van der Waals surface area contributed by atoms with E-state index in [1.165, 1.54) is 19.1 Å². The van der Waals surface area contributed by atoms with Gasteiger partial charge >= 0.3 is 5.97 Å². The van der Waals surface area contributed by atoms with Crippen LogP contribution >= 0.6 is 0 Å². The first-order chi connectivity index (χ1) is 21.2. The maximum atomic E-state index is 13.4. The number of rotatable bonds is 11. The topological polar surface area (TPSA) is 134 Å². The Bertz CT molecular complexity index is 1720. The predicted octanol–water partition coefficient (Wildman–Crippen LogP) is 5.74. The van der Waals surface area contributed by atoms with E-state index in [0.29, 0.717) is 23.6 Å². The zero-order valence-electron chi connectivity index (χ0n) is 24.7. The normalized spacial score (nSPS) is 13.8. The maximum Gasteiger partial charge on any atom is 0.303 e. The van der Waals surface area contributed by atoms with Gasteiger partial charge < -0.3 is 30.3 Å². The zero-order chi connectivity index (χ0) is 31.4. The van der Waals surface area contributed by atoms with E-state index in [4.69, 9.17) is 9.47 Å². The Kier molecular flexibility index (Phi) is 8.85. The number of anilines is 1. The number of aliphatic carboxylic acids is 1. The molecule has 226 valence electrons. The summed E-state index contributed by atoms with van der Waals surface area (Å²) < 4.78 is 11.0. The monoisotopic (exact) mass is 594 g/mol. The molecule has 0 aromatic heterocycles. The lowest BCUT2D eigenvalue weighted by atomic mass is 9.90. The van der Waals surface area contributed by atoms with Crippen molar-refractivity contribution >= 4 is 23.5 Å². The first-order valence-electron chi connectivity index (χ1n) is 14.2. The van der Waals surface area contributed by atoms with Gasteiger partial charge in [0.15, 0.2) is 0 Å². The summed E-state index contributed by atoms with van der Waals surface area (Å²) in [5.74, 6) is -0.373. The molecule has 0 saturated carbocycles. The second-order valence-corrected chi connectivity index (χ2v) is 10.8. The molecule has 4 N–H and O–H groups in total. The Morgan fingerprint density at radius 1 is 0.841 bits per heavy atom. The number of fused-ring (bicyclic) bond motifs is 3.